The molecule has 1 amide bonds. The van der Waals surface area contributed by atoms with E-state index in [-0.39, 0.29) is 17.6 Å². The lowest BCUT2D eigenvalue weighted by atomic mass is 10.0. The van der Waals surface area contributed by atoms with Gasteiger partial charge < -0.3 is 5.11 Å². The third-order valence-electron chi connectivity index (χ3n) is 5.90. The van der Waals surface area contributed by atoms with Gasteiger partial charge in [-0.2, -0.15) is 9.68 Å². The third-order valence-corrected chi connectivity index (χ3v) is 5.90. The maximum atomic E-state index is 11.9. The highest BCUT2D eigenvalue weighted by molar-refractivity contribution is 5.74. The highest BCUT2D eigenvalue weighted by Gasteiger charge is 2.17. The predicted molar refractivity (Wildman–Crippen MR) is 148 cm³/mol. The molecule has 0 radical (unpaired) electrons. The summed E-state index contributed by atoms with van der Waals surface area (Å²) >= 11 is 0. The first-order valence-corrected chi connectivity index (χ1v) is 14.8. The highest BCUT2D eigenvalue weighted by atomic mass is 17.0. The number of amides is 1. The van der Waals surface area contributed by atoms with Gasteiger partial charge in [-0.25, -0.2) is 10.0 Å². The van der Waals surface area contributed by atoms with Crippen molar-refractivity contribution in [2.75, 3.05) is 40.5 Å². The molecular formula is C28H61N3O5+2. The lowest BCUT2D eigenvalue weighted by Gasteiger charge is -2.28. The van der Waals surface area contributed by atoms with E-state index in [1.54, 1.807) is 0 Å². The molecule has 0 aliphatic carbocycles. The summed E-state index contributed by atoms with van der Waals surface area (Å²) in [4.78, 5) is 31.4. The third kappa shape index (κ3) is 30.6. The Morgan fingerprint density at radius 1 is 0.694 bits per heavy atom. The topological polar surface area (TPSA) is 87.9 Å². The van der Waals surface area contributed by atoms with Gasteiger partial charge in [0.05, 0.1) is 20.7 Å². The van der Waals surface area contributed by atoms with Gasteiger partial charge in [-0.3, -0.25) is 4.79 Å². The van der Waals surface area contributed by atoms with Crippen molar-refractivity contribution in [1.82, 2.24) is 5.43 Å². The van der Waals surface area contributed by atoms with E-state index in [1.165, 1.54) is 83.5 Å². The molecular weight excluding hydrogens is 458 g/mol. The van der Waals surface area contributed by atoms with Gasteiger partial charge in [-0.1, -0.05) is 111 Å². The summed E-state index contributed by atoms with van der Waals surface area (Å²) in [5, 5.41) is 9.14. The molecule has 0 bridgehead atoms. The Balaban J connectivity index is 0. The van der Waals surface area contributed by atoms with Crippen molar-refractivity contribution >= 4 is 5.91 Å². The van der Waals surface area contributed by atoms with Gasteiger partial charge >= 0.3 is 5.09 Å². The van der Waals surface area contributed by atoms with Crippen molar-refractivity contribution in [2.24, 2.45) is 0 Å². The number of likely N-dealkylation sites (N-methyl/N-ethyl adjacent to an activating group) is 1. The van der Waals surface area contributed by atoms with Crippen LogP contribution in [0.1, 0.15) is 136 Å². The molecule has 0 fully saturated rings. The molecule has 0 spiro atoms. The van der Waals surface area contributed by atoms with Crippen molar-refractivity contribution in [2.45, 2.75) is 136 Å². The molecule has 8 heteroatoms. The van der Waals surface area contributed by atoms with Gasteiger partial charge in [-0.05, 0) is 19.3 Å². The average molecular weight is 520 g/mol. The number of carbonyl (C=O) groups is 1. The van der Waals surface area contributed by atoms with E-state index in [9.17, 15) is 9.70 Å². The van der Waals surface area contributed by atoms with Gasteiger partial charge in [0.25, 0.3) is 5.91 Å². The van der Waals surface area contributed by atoms with Gasteiger partial charge in [0, 0.05) is 6.42 Å². The lowest BCUT2D eigenvalue weighted by Crippen LogP contribution is -2.55. The summed E-state index contributed by atoms with van der Waals surface area (Å²) in [6.07, 6.45) is 22.4. The lowest BCUT2D eigenvalue weighted by molar-refractivity contribution is -0.981. The number of nitrogens with zero attached hydrogens (tertiary/aromatic N) is 2. The Bertz CT molecular complexity index is 480. The zero-order chi connectivity index (χ0) is 27.3. The number of carbonyl (C=O) groups excluding carboxylic acids is 1. The van der Waals surface area contributed by atoms with Crippen LogP contribution in [0.4, 0.5) is 0 Å². The van der Waals surface area contributed by atoms with Gasteiger partial charge in [0.1, 0.15) is 11.5 Å². The minimum Gasteiger partial charge on any atom is -0.390 e. The minimum atomic E-state index is 0.0895. The summed E-state index contributed by atoms with van der Waals surface area (Å²) in [5.74, 6) is 0.0955. The Morgan fingerprint density at radius 3 is 1.44 bits per heavy atom. The molecule has 0 atom stereocenters. The van der Waals surface area contributed by atoms with Crippen molar-refractivity contribution in [3.8, 4) is 0 Å². The highest BCUT2D eigenvalue weighted by Crippen LogP contribution is 2.13. The largest absolute Gasteiger partial charge is 0.477 e. The standard InChI is InChI=1S/C22H46N2O2.C6H14NO3/c1-4-5-6-7-8-9-10-11-12-13-14-15-16-17-18-19-22(26)23-24(2,3)20-21-25;1-3-5-9-7(8)10-6-4-2/h25H,4-21H2,1-3H3;3-6H2,1-2H3/q;+1/p+1. The fraction of sp³-hybridized carbons (Fsp3) is 0.964. The molecule has 8 nitrogen and oxygen atoms in total. The smallest absolute Gasteiger partial charge is 0.390 e. The molecule has 36 heavy (non-hydrogen) atoms. The zero-order valence-corrected chi connectivity index (χ0v) is 24.5. The van der Waals surface area contributed by atoms with Crippen molar-refractivity contribution in [3.05, 3.63) is 4.91 Å². The van der Waals surface area contributed by atoms with Crippen LogP contribution in [0.25, 0.3) is 0 Å². The van der Waals surface area contributed by atoms with Crippen LogP contribution in [-0.2, 0) is 14.5 Å². The monoisotopic (exact) mass is 519 g/mol. The number of hydrogen-bond donors (Lipinski definition) is 2. The maximum Gasteiger partial charge on any atom is 0.477 e. The maximum absolute atomic E-state index is 11.9. The van der Waals surface area contributed by atoms with Crippen LogP contribution in [0.2, 0.25) is 0 Å². The first-order chi connectivity index (χ1) is 17.3. The molecule has 0 unspecified atom stereocenters. The fourth-order valence-electron chi connectivity index (χ4n) is 3.73. The van der Waals surface area contributed by atoms with Crippen LogP contribution >= 0.6 is 0 Å². The number of aliphatic hydroxyl groups excluding tert-OH is 1. The molecule has 0 aromatic carbocycles. The van der Waals surface area contributed by atoms with E-state index < -0.39 is 0 Å². The summed E-state index contributed by atoms with van der Waals surface area (Å²) in [6.45, 7) is 7.58. The van der Waals surface area contributed by atoms with E-state index in [1.807, 2.05) is 27.9 Å². The summed E-state index contributed by atoms with van der Waals surface area (Å²) in [5.41, 5.74) is 2.95. The van der Waals surface area contributed by atoms with E-state index in [4.69, 9.17) is 5.11 Å². The van der Waals surface area contributed by atoms with E-state index in [0.29, 0.717) is 30.8 Å². The van der Waals surface area contributed by atoms with Crippen LogP contribution in [0, 0.1) is 4.91 Å². The van der Waals surface area contributed by atoms with Gasteiger partial charge in [0.15, 0.2) is 13.2 Å². The molecule has 0 aromatic heterocycles. The van der Waals surface area contributed by atoms with Crippen LogP contribution < -0.4 is 5.43 Å². The Hall–Kier alpha value is -1.41. The molecule has 0 rings (SSSR count). The molecule has 216 valence electrons. The molecule has 0 heterocycles. The number of aliphatic hydroxyl groups is 1. The van der Waals surface area contributed by atoms with E-state index in [0.717, 1.165) is 25.7 Å². The number of quaternary nitrogens is 1. The Morgan fingerprint density at radius 2 is 1.08 bits per heavy atom. The van der Waals surface area contributed by atoms with Crippen molar-refractivity contribution in [1.29, 1.82) is 0 Å². The Kier molecular flexibility index (Phi) is 28.7. The normalized spacial score (nSPS) is 10.9. The molecule has 0 aliphatic heterocycles. The van der Waals surface area contributed by atoms with Crippen LogP contribution in [-0.4, -0.2) is 61.2 Å². The Labute approximate surface area is 222 Å². The molecule has 2 N–H and O–H groups in total. The quantitative estimate of drug-likeness (QED) is 0.0787. The summed E-state index contributed by atoms with van der Waals surface area (Å²) in [6, 6.07) is 0. The van der Waals surface area contributed by atoms with Crippen molar-refractivity contribution in [3.63, 3.8) is 0 Å². The number of hydrogen-bond acceptors (Lipinski definition) is 5. The van der Waals surface area contributed by atoms with Crippen LogP contribution in [0.3, 0.4) is 0 Å². The SMILES string of the molecule is CCCCCCCCCCCCCCCCCC(=O)N[N+](C)(C)CCO.CCCO[N+](=O)OCCC. The fourth-order valence-corrected chi connectivity index (χ4v) is 3.73. The van der Waals surface area contributed by atoms with Crippen LogP contribution in [0.5, 0.6) is 0 Å². The van der Waals surface area contributed by atoms with E-state index >= 15 is 0 Å². The number of unbranched alkanes of at least 4 members (excludes halogenated alkanes) is 14. The zero-order valence-electron chi connectivity index (χ0n) is 24.5. The second-order valence-electron chi connectivity index (χ2n) is 10.3. The first kappa shape index (κ1) is 36.7. The summed E-state index contributed by atoms with van der Waals surface area (Å²) in [7, 11) is 3.81. The van der Waals surface area contributed by atoms with Gasteiger partial charge in [-0.15, -0.1) is 0 Å². The second-order valence-corrected chi connectivity index (χ2v) is 10.3. The number of rotatable bonds is 25. The van der Waals surface area contributed by atoms with Crippen LogP contribution in [0.15, 0.2) is 0 Å². The molecule has 0 saturated heterocycles. The second kappa shape index (κ2) is 28.2. The summed E-state index contributed by atoms with van der Waals surface area (Å²) < 4.78 is 0.355. The van der Waals surface area contributed by atoms with E-state index in [2.05, 4.69) is 22.0 Å². The minimum absolute atomic E-state index is 0.0895. The molecule has 0 aliphatic rings. The molecule has 0 saturated carbocycles. The predicted octanol–water partition coefficient (Wildman–Crippen LogP) is 6.80. The van der Waals surface area contributed by atoms with Crippen molar-refractivity contribution < 1.29 is 29.3 Å². The van der Waals surface area contributed by atoms with Gasteiger partial charge in [0.2, 0.25) is 0 Å². The first-order valence-electron chi connectivity index (χ1n) is 14.8. The average Bonchev–Trinajstić information content (AvgIpc) is 2.83. The number of nitrogens with one attached hydrogen (secondary N) is 1. The molecule has 0 aromatic rings.